The summed E-state index contributed by atoms with van der Waals surface area (Å²) < 4.78 is 18.0. The van der Waals surface area contributed by atoms with Gasteiger partial charge in [-0.05, 0) is 6.07 Å². The lowest BCUT2D eigenvalue weighted by Gasteiger charge is -2.06. The molecule has 0 heterocycles. The van der Waals surface area contributed by atoms with Gasteiger partial charge < -0.3 is 16.2 Å². The van der Waals surface area contributed by atoms with Crippen molar-refractivity contribution in [2.45, 2.75) is 6.54 Å². The van der Waals surface area contributed by atoms with E-state index >= 15 is 0 Å². The Morgan fingerprint density at radius 3 is 2.67 bits per heavy atom. The second-order valence-corrected chi connectivity index (χ2v) is 2.67. The molecule has 0 saturated carbocycles. The molecule has 1 rings (SSSR count). The number of nitrogens with two attached hydrogens (primary N) is 2. The topological polar surface area (TPSA) is 73.6 Å². The van der Waals surface area contributed by atoms with Crippen LogP contribution in [0.25, 0.3) is 0 Å². The van der Waals surface area contributed by atoms with Gasteiger partial charge in [-0.3, -0.25) is 0 Å². The number of aliphatic imine (C=N–C) groups is 1. The van der Waals surface area contributed by atoms with Crippen LogP contribution in [0.2, 0.25) is 0 Å². The quantitative estimate of drug-likeness (QED) is 0.605. The highest BCUT2D eigenvalue weighted by Crippen LogP contribution is 2.22. The minimum Gasteiger partial charge on any atom is -0.493 e. The Balaban J connectivity index is 0.00000196. The SMILES string of the molecule is COc1c(F)cccc1CN=C(N)N.Cl. The fourth-order valence-corrected chi connectivity index (χ4v) is 1.08. The zero-order valence-electron chi connectivity index (χ0n) is 8.24. The molecule has 4 nitrogen and oxygen atoms in total. The van der Waals surface area contributed by atoms with Crippen molar-refractivity contribution in [3.05, 3.63) is 29.6 Å². The van der Waals surface area contributed by atoms with Crippen LogP contribution >= 0.6 is 12.4 Å². The van der Waals surface area contributed by atoms with Crippen LogP contribution in [0.4, 0.5) is 4.39 Å². The highest BCUT2D eigenvalue weighted by molar-refractivity contribution is 5.85. The van der Waals surface area contributed by atoms with Crippen molar-refractivity contribution in [2.24, 2.45) is 16.5 Å². The minimum atomic E-state index is -0.421. The number of hydrogen-bond acceptors (Lipinski definition) is 2. The second kappa shape index (κ2) is 6.08. The Kier molecular flexibility index (Phi) is 5.48. The van der Waals surface area contributed by atoms with E-state index in [0.717, 1.165) is 0 Å². The molecular weight excluding hydrogens is 221 g/mol. The van der Waals surface area contributed by atoms with E-state index in [2.05, 4.69) is 4.99 Å². The lowest BCUT2D eigenvalue weighted by atomic mass is 10.2. The van der Waals surface area contributed by atoms with Crippen LogP contribution in [0.3, 0.4) is 0 Å². The summed E-state index contributed by atoms with van der Waals surface area (Å²) in [7, 11) is 1.40. The lowest BCUT2D eigenvalue weighted by Crippen LogP contribution is -2.22. The normalized spacial score (nSPS) is 8.93. The molecule has 0 aliphatic heterocycles. The summed E-state index contributed by atoms with van der Waals surface area (Å²) in [6.45, 7) is 0.212. The zero-order chi connectivity index (χ0) is 10.6. The largest absolute Gasteiger partial charge is 0.493 e. The lowest BCUT2D eigenvalue weighted by molar-refractivity contribution is 0.381. The van der Waals surface area contributed by atoms with E-state index in [-0.39, 0.29) is 30.7 Å². The molecule has 0 aliphatic carbocycles. The summed E-state index contributed by atoms with van der Waals surface area (Å²) in [6, 6.07) is 4.60. The molecule has 1 aromatic carbocycles. The fourth-order valence-electron chi connectivity index (χ4n) is 1.08. The van der Waals surface area contributed by atoms with Crippen molar-refractivity contribution in [3.63, 3.8) is 0 Å². The van der Waals surface area contributed by atoms with Gasteiger partial charge in [-0.25, -0.2) is 9.38 Å². The molecule has 84 valence electrons. The van der Waals surface area contributed by atoms with Crippen LogP contribution in [0.1, 0.15) is 5.56 Å². The molecule has 0 radical (unpaired) electrons. The Morgan fingerprint density at radius 2 is 2.13 bits per heavy atom. The molecule has 6 heteroatoms. The summed E-state index contributed by atoms with van der Waals surface area (Å²) in [5.41, 5.74) is 10.9. The molecule has 0 amide bonds. The van der Waals surface area contributed by atoms with E-state index in [1.54, 1.807) is 12.1 Å². The summed E-state index contributed by atoms with van der Waals surface area (Å²) in [5, 5.41) is 0. The van der Waals surface area contributed by atoms with Gasteiger partial charge in [0.25, 0.3) is 0 Å². The number of hydrogen-bond donors (Lipinski definition) is 2. The summed E-state index contributed by atoms with van der Waals surface area (Å²) >= 11 is 0. The van der Waals surface area contributed by atoms with E-state index in [4.69, 9.17) is 16.2 Å². The number of rotatable bonds is 3. The molecule has 0 bridgehead atoms. The van der Waals surface area contributed by atoms with Crippen molar-refractivity contribution < 1.29 is 9.13 Å². The van der Waals surface area contributed by atoms with Gasteiger partial charge in [-0.2, -0.15) is 0 Å². The van der Waals surface area contributed by atoms with Gasteiger partial charge >= 0.3 is 0 Å². The van der Waals surface area contributed by atoms with E-state index in [9.17, 15) is 4.39 Å². The maximum absolute atomic E-state index is 13.1. The molecule has 15 heavy (non-hydrogen) atoms. The number of guanidine groups is 1. The van der Waals surface area contributed by atoms with Gasteiger partial charge in [0.15, 0.2) is 17.5 Å². The van der Waals surface area contributed by atoms with Gasteiger partial charge in [0.1, 0.15) is 0 Å². The van der Waals surface area contributed by atoms with E-state index in [1.807, 2.05) is 0 Å². The number of methoxy groups -OCH3 is 1. The molecule has 0 spiro atoms. The molecule has 0 saturated heterocycles. The molecule has 0 aromatic heterocycles. The van der Waals surface area contributed by atoms with E-state index in [1.165, 1.54) is 13.2 Å². The van der Waals surface area contributed by atoms with Gasteiger partial charge in [0, 0.05) is 5.56 Å². The standard InChI is InChI=1S/C9H12FN3O.ClH/c1-14-8-6(5-13-9(11)12)3-2-4-7(8)10;/h2-4H,5H2,1H3,(H4,11,12,13);1H. The Hall–Kier alpha value is -1.49. The van der Waals surface area contributed by atoms with Crippen LogP contribution in [0.15, 0.2) is 23.2 Å². The van der Waals surface area contributed by atoms with E-state index < -0.39 is 5.82 Å². The zero-order valence-corrected chi connectivity index (χ0v) is 9.05. The van der Waals surface area contributed by atoms with Crippen molar-refractivity contribution in [2.75, 3.05) is 7.11 Å². The van der Waals surface area contributed by atoms with Crippen LogP contribution in [0, 0.1) is 5.82 Å². The minimum absolute atomic E-state index is 0. The summed E-state index contributed by atoms with van der Waals surface area (Å²) in [5.74, 6) is -0.274. The molecule has 0 atom stereocenters. The summed E-state index contributed by atoms with van der Waals surface area (Å²) in [6.07, 6.45) is 0. The molecule has 1 aromatic rings. The third-order valence-corrected chi connectivity index (χ3v) is 1.68. The fraction of sp³-hybridized carbons (Fsp3) is 0.222. The first kappa shape index (κ1) is 13.5. The Labute approximate surface area is 93.5 Å². The highest BCUT2D eigenvalue weighted by atomic mass is 35.5. The van der Waals surface area contributed by atoms with Crippen molar-refractivity contribution >= 4 is 18.4 Å². The number of nitrogens with zero attached hydrogens (tertiary/aromatic N) is 1. The number of para-hydroxylation sites is 1. The molecule has 0 aliphatic rings. The molecule has 0 fully saturated rings. The Bertz CT molecular complexity index is 353. The first-order valence-corrected chi connectivity index (χ1v) is 4.02. The van der Waals surface area contributed by atoms with E-state index in [0.29, 0.717) is 5.56 Å². The first-order valence-electron chi connectivity index (χ1n) is 4.02. The maximum atomic E-state index is 13.1. The van der Waals surface area contributed by atoms with Gasteiger partial charge in [0.05, 0.1) is 13.7 Å². The van der Waals surface area contributed by atoms with Crippen molar-refractivity contribution in [1.29, 1.82) is 0 Å². The first-order chi connectivity index (χ1) is 6.65. The smallest absolute Gasteiger partial charge is 0.186 e. The van der Waals surface area contributed by atoms with Crippen LogP contribution < -0.4 is 16.2 Å². The predicted octanol–water partition coefficient (Wildman–Crippen LogP) is 1.03. The van der Waals surface area contributed by atoms with Crippen LogP contribution in [-0.4, -0.2) is 13.1 Å². The molecule has 0 unspecified atom stereocenters. The third kappa shape index (κ3) is 3.63. The van der Waals surface area contributed by atoms with Gasteiger partial charge in [0.2, 0.25) is 0 Å². The average Bonchev–Trinajstić information content (AvgIpc) is 2.14. The van der Waals surface area contributed by atoms with Crippen molar-refractivity contribution in [3.8, 4) is 5.75 Å². The van der Waals surface area contributed by atoms with Gasteiger partial charge in [-0.15, -0.1) is 12.4 Å². The average molecular weight is 234 g/mol. The third-order valence-electron chi connectivity index (χ3n) is 1.68. The Morgan fingerprint density at radius 1 is 1.47 bits per heavy atom. The van der Waals surface area contributed by atoms with Crippen LogP contribution in [-0.2, 0) is 6.54 Å². The highest BCUT2D eigenvalue weighted by Gasteiger charge is 2.07. The number of ether oxygens (including phenoxy) is 1. The predicted molar refractivity (Wildman–Crippen MR) is 59.7 cm³/mol. The van der Waals surface area contributed by atoms with Crippen LogP contribution in [0.5, 0.6) is 5.75 Å². The number of halogens is 2. The van der Waals surface area contributed by atoms with Crippen molar-refractivity contribution in [1.82, 2.24) is 0 Å². The monoisotopic (exact) mass is 233 g/mol. The maximum Gasteiger partial charge on any atom is 0.186 e. The number of benzene rings is 1. The molecular formula is C9H13ClFN3O. The molecule has 4 N–H and O–H groups in total. The summed E-state index contributed by atoms with van der Waals surface area (Å²) in [4.78, 5) is 3.77. The second-order valence-electron chi connectivity index (χ2n) is 2.67. The van der Waals surface area contributed by atoms with Gasteiger partial charge in [-0.1, -0.05) is 12.1 Å².